The third-order valence-electron chi connectivity index (χ3n) is 5.35. The minimum Gasteiger partial charge on any atom is -0.497 e. The number of ether oxygens (including phenoxy) is 1. The second kappa shape index (κ2) is 10.4. The fraction of sp³-hybridized carbons (Fsp3) is 0.192. The first kappa shape index (κ1) is 23.3. The summed E-state index contributed by atoms with van der Waals surface area (Å²) in [6.45, 7) is 4.21. The van der Waals surface area contributed by atoms with Gasteiger partial charge in [-0.1, -0.05) is 36.4 Å². The van der Waals surface area contributed by atoms with Crippen molar-refractivity contribution in [1.82, 2.24) is 9.88 Å². The van der Waals surface area contributed by atoms with Gasteiger partial charge in [0.2, 0.25) is 0 Å². The molecule has 1 atom stereocenters. The lowest BCUT2D eigenvalue weighted by Gasteiger charge is -2.13. The maximum atomic E-state index is 12.7. The zero-order chi connectivity index (χ0) is 24.1. The van der Waals surface area contributed by atoms with Crippen LogP contribution in [0.2, 0.25) is 0 Å². The lowest BCUT2D eigenvalue weighted by molar-refractivity contribution is 0.0909. The van der Waals surface area contributed by atoms with Crippen LogP contribution < -0.4 is 14.9 Å². The highest BCUT2D eigenvalue weighted by Gasteiger charge is 2.16. The minimum absolute atomic E-state index is 0.149. The van der Waals surface area contributed by atoms with Crippen LogP contribution in [0.5, 0.6) is 5.75 Å². The molecule has 1 N–H and O–H groups in total. The van der Waals surface area contributed by atoms with E-state index in [-0.39, 0.29) is 23.6 Å². The molecule has 0 fully saturated rings. The van der Waals surface area contributed by atoms with Crippen LogP contribution in [0.15, 0.2) is 81.5 Å². The number of methoxy groups -OCH3 is 1. The van der Waals surface area contributed by atoms with E-state index in [9.17, 15) is 9.59 Å². The lowest BCUT2D eigenvalue weighted by atomic mass is 10.1. The summed E-state index contributed by atoms with van der Waals surface area (Å²) < 4.78 is 12.9. The van der Waals surface area contributed by atoms with Gasteiger partial charge in [-0.15, -0.1) is 11.3 Å². The van der Waals surface area contributed by atoms with E-state index >= 15 is 0 Å². The lowest BCUT2D eigenvalue weighted by Crippen LogP contribution is -2.26. The number of carbonyl (C=O) groups excluding carboxylic acids is 2. The van der Waals surface area contributed by atoms with Crippen molar-refractivity contribution in [3.63, 3.8) is 0 Å². The molecular weight excluding hydrogens is 450 g/mol. The van der Waals surface area contributed by atoms with E-state index < -0.39 is 0 Å². The summed E-state index contributed by atoms with van der Waals surface area (Å²) in [6, 6.07) is 19.9. The molecule has 7 nitrogen and oxygen atoms in total. The Morgan fingerprint density at radius 2 is 1.91 bits per heavy atom. The van der Waals surface area contributed by atoms with Gasteiger partial charge in [0.1, 0.15) is 11.5 Å². The fourth-order valence-corrected chi connectivity index (χ4v) is 4.31. The molecule has 2 heterocycles. The van der Waals surface area contributed by atoms with Crippen molar-refractivity contribution in [1.29, 1.82) is 0 Å². The largest absolute Gasteiger partial charge is 0.497 e. The number of hydrogen-bond donors (Lipinski definition) is 1. The highest BCUT2D eigenvalue weighted by Crippen LogP contribution is 2.16. The molecule has 8 heteroatoms. The number of carbonyl (C=O) groups is 2. The number of hydrogen-bond acceptors (Lipinski definition) is 5. The number of thiazole rings is 1. The number of nitrogens with one attached hydrogen (secondary N) is 1. The molecule has 0 spiro atoms. The van der Waals surface area contributed by atoms with Crippen LogP contribution in [-0.2, 0) is 6.54 Å². The van der Waals surface area contributed by atoms with Crippen molar-refractivity contribution in [2.24, 2.45) is 4.99 Å². The van der Waals surface area contributed by atoms with E-state index in [2.05, 4.69) is 10.3 Å². The average molecular weight is 476 g/mol. The van der Waals surface area contributed by atoms with E-state index in [4.69, 9.17) is 9.15 Å². The van der Waals surface area contributed by atoms with Crippen LogP contribution in [0.25, 0.3) is 0 Å². The zero-order valence-corrected chi connectivity index (χ0v) is 20.0. The molecule has 2 aromatic heterocycles. The number of benzene rings is 2. The van der Waals surface area contributed by atoms with Gasteiger partial charge < -0.3 is 19.0 Å². The van der Waals surface area contributed by atoms with Crippen LogP contribution in [0.1, 0.15) is 50.9 Å². The van der Waals surface area contributed by atoms with Crippen LogP contribution >= 0.6 is 11.3 Å². The van der Waals surface area contributed by atoms with Crippen molar-refractivity contribution in [3.8, 4) is 5.75 Å². The molecule has 0 saturated heterocycles. The van der Waals surface area contributed by atoms with Crippen LogP contribution in [0, 0.1) is 6.92 Å². The first-order valence-corrected chi connectivity index (χ1v) is 11.6. The number of rotatable bonds is 7. The quantitative estimate of drug-likeness (QED) is 0.418. The van der Waals surface area contributed by atoms with E-state index in [0.29, 0.717) is 28.4 Å². The average Bonchev–Trinajstić information content (AvgIpc) is 3.47. The number of aryl methyl sites for hydroxylation is 1. The van der Waals surface area contributed by atoms with Crippen LogP contribution in [0.4, 0.5) is 0 Å². The third kappa shape index (κ3) is 5.35. The summed E-state index contributed by atoms with van der Waals surface area (Å²) in [7, 11) is 1.55. The van der Waals surface area contributed by atoms with Gasteiger partial charge >= 0.3 is 0 Å². The number of furan rings is 1. The van der Waals surface area contributed by atoms with Gasteiger partial charge in [0, 0.05) is 16.6 Å². The first-order chi connectivity index (χ1) is 16.4. The van der Waals surface area contributed by atoms with Gasteiger partial charge in [-0.3, -0.25) is 9.59 Å². The summed E-state index contributed by atoms with van der Waals surface area (Å²) in [5, 5.41) is 4.88. The van der Waals surface area contributed by atoms with Crippen LogP contribution in [-0.4, -0.2) is 23.5 Å². The molecule has 2 amide bonds. The summed E-state index contributed by atoms with van der Waals surface area (Å²) in [5.74, 6) is 0.780. The summed E-state index contributed by atoms with van der Waals surface area (Å²) in [5.41, 5.74) is 2.39. The van der Waals surface area contributed by atoms with Crippen molar-refractivity contribution < 1.29 is 18.7 Å². The third-order valence-corrected chi connectivity index (χ3v) is 6.33. The minimum atomic E-state index is -0.357. The number of aromatic nitrogens is 1. The predicted molar refractivity (Wildman–Crippen MR) is 130 cm³/mol. The second-order valence-corrected chi connectivity index (χ2v) is 8.60. The van der Waals surface area contributed by atoms with E-state index in [0.717, 1.165) is 11.3 Å². The molecule has 0 radical (unpaired) electrons. The SMILES string of the molecule is COc1cccc(C(=O)N=c2scc(C)n2Cc2ccc(C(=O)NC(C)c3ccccc3)o2)c1. The Bertz CT molecular complexity index is 1370. The van der Waals surface area contributed by atoms with Gasteiger partial charge in [-0.25, -0.2) is 0 Å². The Labute approximate surface area is 201 Å². The van der Waals surface area contributed by atoms with Gasteiger partial charge in [0.25, 0.3) is 11.8 Å². The van der Waals surface area contributed by atoms with E-state index in [1.165, 1.54) is 11.3 Å². The summed E-state index contributed by atoms with van der Waals surface area (Å²) >= 11 is 1.37. The van der Waals surface area contributed by atoms with Crippen LogP contribution in [0.3, 0.4) is 0 Å². The zero-order valence-electron chi connectivity index (χ0n) is 19.1. The topological polar surface area (TPSA) is 85.8 Å². The first-order valence-electron chi connectivity index (χ1n) is 10.8. The van der Waals surface area contributed by atoms with Gasteiger partial charge in [0.15, 0.2) is 10.6 Å². The number of amides is 2. The normalized spacial score (nSPS) is 12.4. The molecule has 4 rings (SSSR count). The fourth-order valence-electron chi connectivity index (χ4n) is 3.44. The maximum Gasteiger partial charge on any atom is 0.287 e. The highest BCUT2D eigenvalue weighted by atomic mass is 32.1. The molecule has 0 bridgehead atoms. The number of nitrogens with zero attached hydrogens (tertiary/aromatic N) is 2. The maximum absolute atomic E-state index is 12.7. The molecule has 4 aromatic rings. The molecule has 0 aliphatic carbocycles. The van der Waals surface area contributed by atoms with Crippen molar-refractivity contribution in [2.45, 2.75) is 26.4 Å². The predicted octanol–water partition coefficient (Wildman–Crippen LogP) is 4.74. The molecular formula is C26H25N3O4S. The molecule has 0 aliphatic rings. The standard InChI is InChI=1S/C26H25N3O4S/c1-17-16-34-26(28-24(30)20-10-7-11-21(14-20)32-3)29(17)15-22-12-13-23(33-22)25(31)27-18(2)19-8-5-4-6-9-19/h4-14,16,18H,15H2,1-3H3,(H,27,31). The Hall–Kier alpha value is -3.91. The van der Waals surface area contributed by atoms with Crippen molar-refractivity contribution in [2.75, 3.05) is 7.11 Å². The molecule has 0 aliphatic heterocycles. The van der Waals surface area contributed by atoms with Gasteiger partial charge in [-0.05, 0) is 49.7 Å². The van der Waals surface area contributed by atoms with Crippen molar-refractivity contribution in [3.05, 3.63) is 105 Å². The van der Waals surface area contributed by atoms with Crippen molar-refractivity contribution >= 4 is 23.2 Å². The summed E-state index contributed by atoms with van der Waals surface area (Å²) in [6.07, 6.45) is 0. The van der Waals surface area contributed by atoms with E-state index in [1.54, 1.807) is 43.5 Å². The Kier molecular flexibility index (Phi) is 7.08. The Morgan fingerprint density at radius 3 is 2.68 bits per heavy atom. The monoisotopic (exact) mass is 475 g/mol. The summed E-state index contributed by atoms with van der Waals surface area (Å²) in [4.78, 5) is 30.2. The Morgan fingerprint density at radius 1 is 1.12 bits per heavy atom. The van der Waals surface area contributed by atoms with E-state index in [1.807, 2.05) is 54.1 Å². The van der Waals surface area contributed by atoms with Gasteiger partial charge in [0.05, 0.1) is 19.7 Å². The molecule has 34 heavy (non-hydrogen) atoms. The smallest absolute Gasteiger partial charge is 0.287 e. The second-order valence-electron chi connectivity index (χ2n) is 7.77. The molecule has 0 saturated carbocycles. The van der Waals surface area contributed by atoms with Gasteiger partial charge in [-0.2, -0.15) is 4.99 Å². The Balaban J connectivity index is 1.50. The highest BCUT2D eigenvalue weighted by molar-refractivity contribution is 7.07. The molecule has 2 aromatic carbocycles. The molecule has 1 unspecified atom stereocenters. The molecule has 174 valence electrons.